The molecule has 0 fully saturated rings. The Kier molecular flexibility index (Phi) is 3.22. The maximum Gasteiger partial charge on any atom is 0.106 e. The predicted octanol–water partition coefficient (Wildman–Crippen LogP) is 2.42. The minimum atomic E-state index is 0.470. The van der Waals surface area contributed by atoms with Crippen molar-refractivity contribution in [3.8, 4) is 0 Å². The Balaban J connectivity index is 2.20. The number of halogens is 1. The van der Waals surface area contributed by atoms with E-state index in [-0.39, 0.29) is 0 Å². The summed E-state index contributed by atoms with van der Waals surface area (Å²) in [5.41, 5.74) is 1.40. The molecular weight excluding hydrogens is 226 g/mol. The first kappa shape index (κ1) is 10.7. The highest BCUT2D eigenvalue weighted by Gasteiger charge is 2.04. The van der Waals surface area contributed by atoms with Crippen LogP contribution in [0.5, 0.6) is 0 Å². The Bertz CT molecular complexity index is 476. The minimum absolute atomic E-state index is 0.470. The summed E-state index contributed by atoms with van der Waals surface area (Å²) in [6.07, 6.45) is 5.15. The molecule has 0 aliphatic carbocycles. The van der Waals surface area contributed by atoms with Gasteiger partial charge in [-0.25, -0.2) is 4.98 Å². The van der Waals surface area contributed by atoms with Crippen LogP contribution >= 0.6 is 11.6 Å². The average molecular weight is 236 g/mol. The monoisotopic (exact) mass is 235 g/mol. The second-order valence-electron chi connectivity index (χ2n) is 3.29. The van der Waals surface area contributed by atoms with Gasteiger partial charge in [-0.15, -0.1) is 0 Å². The zero-order chi connectivity index (χ0) is 11.4. The van der Waals surface area contributed by atoms with Crippen LogP contribution in [0.4, 0.5) is 0 Å². The lowest BCUT2D eigenvalue weighted by Crippen LogP contribution is -2.10. The molecule has 1 aromatic heterocycles. The second-order valence-corrected chi connectivity index (χ2v) is 3.73. The van der Waals surface area contributed by atoms with E-state index in [9.17, 15) is 0 Å². The molecule has 0 unspecified atom stereocenters. The summed E-state index contributed by atoms with van der Waals surface area (Å²) in [7, 11) is 0. The molecule has 4 nitrogen and oxygen atoms in total. The Labute approximate surface area is 97.8 Å². The molecule has 1 heterocycles. The maximum atomic E-state index is 8.97. The van der Waals surface area contributed by atoms with Crippen molar-refractivity contribution in [1.29, 1.82) is 0 Å². The summed E-state index contributed by atoms with van der Waals surface area (Å²) >= 11 is 5.78. The van der Waals surface area contributed by atoms with Crippen LogP contribution in [0, 0.1) is 0 Å². The number of rotatable bonds is 3. The van der Waals surface area contributed by atoms with E-state index in [0.717, 1.165) is 5.56 Å². The van der Waals surface area contributed by atoms with Gasteiger partial charge < -0.3 is 9.77 Å². The Hall–Kier alpha value is -1.81. The maximum absolute atomic E-state index is 8.97. The van der Waals surface area contributed by atoms with Crippen molar-refractivity contribution in [3.63, 3.8) is 0 Å². The third-order valence-electron chi connectivity index (χ3n) is 2.19. The van der Waals surface area contributed by atoms with Crippen molar-refractivity contribution in [2.45, 2.75) is 6.54 Å². The summed E-state index contributed by atoms with van der Waals surface area (Å²) in [6, 6.07) is 7.15. The first-order chi connectivity index (χ1) is 7.79. The van der Waals surface area contributed by atoms with E-state index < -0.39 is 0 Å². The largest absolute Gasteiger partial charge is 0.411 e. The zero-order valence-corrected chi connectivity index (χ0v) is 9.17. The Morgan fingerprint density at radius 3 is 2.69 bits per heavy atom. The smallest absolute Gasteiger partial charge is 0.106 e. The Morgan fingerprint density at radius 1 is 1.38 bits per heavy atom. The lowest BCUT2D eigenvalue weighted by molar-refractivity contribution is 0.317. The molecule has 16 heavy (non-hydrogen) atoms. The van der Waals surface area contributed by atoms with Crippen LogP contribution in [0.15, 0.2) is 48.1 Å². The number of nitrogens with zero attached hydrogens (tertiary/aromatic N) is 3. The van der Waals surface area contributed by atoms with E-state index in [1.165, 1.54) is 0 Å². The quantitative estimate of drug-likeness (QED) is 0.505. The lowest BCUT2D eigenvalue weighted by atomic mass is 10.1. The standard InChI is InChI=1S/C11H10ClN3O/c12-10-3-1-9(2-4-10)11(14-16)7-15-6-5-13-8-15/h1-6,8,16H,7H2/b14-11-. The van der Waals surface area contributed by atoms with Crippen molar-refractivity contribution < 1.29 is 5.21 Å². The van der Waals surface area contributed by atoms with E-state index in [0.29, 0.717) is 17.3 Å². The van der Waals surface area contributed by atoms with Gasteiger partial charge in [0, 0.05) is 23.0 Å². The molecule has 2 rings (SSSR count). The summed E-state index contributed by atoms with van der Waals surface area (Å²) in [5, 5.41) is 12.9. The summed E-state index contributed by atoms with van der Waals surface area (Å²) in [4.78, 5) is 3.92. The molecule has 0 saturated heterocycles. The molecule has 1 N–H and O–H groups in total. The van der Waals surface area contributed by atoms with Gasteiger partial charge in [-0.2, -0.15) is 0 Å². The second kappa shape index (κ2) is 4.81. The fourth-order valence-electron chi connectivity index (χ4n) is 1.38. The molecule has 0 atom stereocenters. The molecule has 0 amide bonds. The van der Waals surface area contributed by atoms with E-state index in [1.807, 2.05) is 16.7 Å². The zero-order valence-electron chi connectivity index (χ0n) is 8.42. The SMILES string of the molecule is O/N=C(/Cn1ccnc1)c1ccc(Cl)cc1. The van der Waals surface area contributed by atoms with E-state index >= 15 is 0 Å². The van der Waals surface area contributed by atoms with Gasteiger partial charge in [-0.1, -0.05) is 28.9 Å². The number of benzene rings is 1. The van der Waals surface area contributed by atoms with Crippen LogP contribution in [0.3, 0.4) is 0 Å². The highest BCUT2D eigenvalue weighted by Crippen LogP contribution is 2.11. The predicted molar refractivity (Wildman–Crippen MR) is 62.0 cm³/mol. The van der Waals surface area contributed by atoms with Crippen LogP contribution in [0.2, 0.25) is 5.02 Å². The number of hydrogen-bond donors (Lipinski definition) is 1. The fourth-order valence-corrected chi connectivity index (χ4v) is 1.50. The molecule has 2 aromatic rings. The van der Waals surface area contributed by atoms with Crippen LogP contribution < -0.4 is 0 Å². The third kappa shape index (κ3) is 2.41. The molecule has 0 radical (unpaired) electrons. The topological polar surface area (TPSA) is 50.4 Å². The molecular formula is C11H10ClN3O. The molecule has 0 saturated carbocycles. The summed E-state index contributed by atoms with van der Waals surface area (Å²) in [5.74, 6) is 0. The van der Waals surface area contributed by atoms with E-state index in [4.69, 9.17) is 16.8 Å². The van der Waals surface area contributed by atoms with Crippen molar-refractivity contribution in [2.24, 2.45) is 5.16 Å². The van der Waals surface area contributed by atoms with Crippen molar-refractivity contribution in [2.75, 3.05) is 0 Å². The molecule has 0 aliphatic heterocycles. The fraction of sp³-hybridized carbons (Fsp3) is 0.0909. The van der Waals surface area contributed by atoms with Crippen LogP contribution in [-0.2, 0) is 6.54 Å². The van der Waals surface area contributed by atoms with Crippen molar-refractivity contribution >= 4 is 17.3 Å². The molecule has 0 aliphatic rings. The number of aromatic nitrogens is 2. The molecule has 1 aromatic carbocycles. The van der Waals surface area contributed by atoms with Gasteiger partial charge in [0.15, 0.2) is 0 Å². The number of oxime groups is 1. The van der Waals surface area contributed by atoms with Gasteiger partial charge in [-0.05, 0) is 12.1 Å². The summed E-state index contributed by atoms with van der Waals surface area (Å²) in [6.45, 7) is 0.470. The normalized spacial score (nSPS) is 11.7. The van der Waals surface area contributed by atoms with Gasteiger partial charge >= 0.3 is 0 Å². The van der Waals surface area contributed by atoms with Gasteiger partial charge in [0.2, 0.25) is 0 Å². The number of hydrogen-bond acceptors (Lipinski definition) is 3. The Morgan fingerprint density at radius 2 is 2.12 bits per heavy atom. The van der Waals surface area contributed by atoms with Crippen molar-refractivity contribution in [1.82, 2.24) is 9.55 Å². The third-order valence-corrected chi connectivity index (χ3v) is 2.44. The molecule has 0 spiro atoms. The van der Waals surface area contributed by atoms with Gasteiger partial charge in [-0.3, -0.25) is 0 Å². The average Bonchev–Trinajstić information content (AvgIpc) is 2.80. The lowest BCUT2D eigenvalue weighted by Gasteiger charge is -2.05. The van der Waals surface area contributed by atoms with Gasteiger partial charge in [0.25, 0.3) is 0 Å². The molecule has 82 valence electrons. The first-order valence-corrected chi connectivity index (χ1v) is 5.10. The first-order valence-electron chi connectivity index (χ1n) is 4.72. The summed E-state index contributed by atoms with van der Waals surface area (Å²) < 4.78 is 1.82. The molecule has 0 bridgehead atoms. The van der Waals surface area contributed by atoms with Crippen LogP contribution in [-0.4, -0.2) is 20.5 Å². The van der Waals surface area contributed by atoms with Crippen molar-refractivity contribution in [3.05, 3.63) is 53.6 Å². The van der Waals surface area contributed by atoms with Gasteiger partial charge in [0.1, 0.15) is 5.71 Å². The van der Waals surface area contributed by atoms with Gasteiger partial charge in [0.05, 0.1) is 12.9 Å². The minimum Gasteiger partial charge on any atom is -0.411 e. The highest BCUT2D eigenvalue weighted by molar-refractivity contribution is 6.30. The molecule has 5 heteroatoms. The van der Waals surface area contributed by atoms with Crippen LogP contribution in [0.1, 0.15) is 5.56 Å². The highest BCUT2D eigenvalue weighted by atomic mass is 35.5. The van der Waals surface area contributed by atoms with Crippen LogP contribution in [0.25, 0.3) is 0 Å². The van der Waals surface area contributed by atoms with E-state index in [1.54, 1.807) is 30.9 Å². The number of imidazole rings is 1. The van der Waals surface area contributed by atoms with E-state index in [2.05, 4.69) is 10.1 Å².